The second-order valence-electron chi connectivity index (χ2n) is 3.02. The quantitative estimate of drug-likeness (QED) is 0.593. The summed E-state index contributed by atoms with van der Waals surface area (Å²) in [5.41, 5.74) is 0. The normalized spacial score (nSPS) is 10.9. The van der Waals surface area contributed by atoms with Crippen molar-refractivity contribution in [2.45, 2.75) is 13.8 Å². The first kappa shape index (κ1) is 14.9. The fraction of sp³-hybridized carbons (Fsp3) is 0.900. The Balaban J connectivity index is 3.40. The molecule has 0 aliphatic rings. The van der Waals surface area contributed by atoms with Gasteiger partial charge in [-0.2, -0.15) is 0 Å². The van der Waals surface area contributed by atoms with Gasteiger partial charge in [0.25, 0.3) is 0 Å². The summed E-state index contributed by atoms with van der Waals surface area (Å²) < 4.78 is 5.05. The Kier molecular flexibility index (Phi) is 10.3. The SMILES string of the molecule is CCN(CC)CC(=O)SCCOCCO. The van der Waals surface area contributed by atoms with Crippen molar-refractivity contribution in [1.29, 1.82) is 0 Å². The summed E-state index contributed by atoms with van der Waals surface area (Å²) in [5, 5.41) is 8.64. The van der Waals surface area contributed by atoms with E-state index in [9.17, 15) is 4.79 Å². The number of thioether (sulfide) groups is 1. The highest BCUT2D eigenvalue weighted by Crippen LogP contribution is 2.03. The van der Waals surface area contributed by atoms with Crippen molar-refractivity contribution in [3.05, 3.63) is 0 Å². The molecule has 0 heterocycles. The van der Waals surface area contributed by atoms with Gasteiger partial charge in [-0.25, -0.2) is 0 Å². The second kappa shape index (κ2) is 10.4. The van der Waals surface area contributed by atoms with E-state index in [1.54, 1.807) is 0 Å². The highest BCUT2D eigenvalue weighted by molar-refractivity contribution is 8.13. The first-order valence-electron chi connectivity index (χ1n) is 5.31. The molecule has 0 saturated heterocycles. The lowest BCUT2D eigenvalue weighted by Crippen LogP contribution is -2.28. The smallest absolute Gasteiger partial charge is 0.203 e. The van der Waals surface area contributed by atoms with Gasteiger partial charge in [0.2, 0.25) is 5.12 Å². The van der Waals surface area contributed by atoms with Crippen LogP contribution in [0.2, 0.25) is 0 Å². The molecule has 0 aromatic carbocycles. The van der Waals surface area contributed by atoms with E-state index in [0.717, 1.165) is 13.1 Å². The molecule has 5 heteroatoms. The summed E-state index contributed by atoms with van der Waals surface area (Å²) in [4.78, 5) is 13.5. The number of likely N-dealkylation sites (N-methyl/N-ethyl adjacent to an activating group) is 1. The number of nitrogens with zero attached hydrogens (tertiary/aromatic N) is 1. The average Bonchev–Trinajstić information content (AvgIpc) is 2.25. The van der Waals surface area contributed by atoms with Crippen LogP contribution in [0.4, 0.5) is 0 Å². The van der Waals surface area contributed by atoms with Crippen LogP contribution in [0.3, 0.4) is 0 Å². The van der Waals surface area contributed by atoms with Gasteiger partial charge in [-0.05, 0) is 13.1 Å². The van der Waals surface area contributed by atoms with Gasteiger partial charge < -0.3 is 9.84 Å². The van der Waals surface area contributed by atoms with Crippen LogP contribution in [0.1, 0.15) is 13.8 Å². The predicted octanol–water partition coefficient (Wildman–Crippen LogP) is 0.597. The number of hydrogen-bond acceptors (Lipinski definition) is 5. The summed E-state index contributed by atoms with van der Waals surface area (Å²) in [6, 6.07) is 0. The molecule has 0 unspecified atom stereocenters. The van der Waals surface area contributed by atoms with Gasteiger partial charge in [-0.15, -0.1) is 0 Å². The van der Waals surface area contributed by atoms with Gasteiger partial charge in [0.05, 0.1) is 26.4 Å². The summed E-state index contributed by atoms with van der Waals surface area (Å²) in [6.45, 7) is 7.33. The molecule has 15 heavy (non-hydrogen) atoms. The van der Waals surface area contributed by atoms with Crippen LogP contribution in [0, 0.1) is 0 Å². The number of carbonyl (C=O) groups is 1. The zero-order valence-electron chi connectivity index (χ0n) is 9.57. The second-order valence-corrected chi connectivity index (χ2v) is 4.17. The van der Waals surface area contributed by atoms with Crippen LogP contribution in [0.25, 0.3) is 0 Å². The molecule has 4 nitrogen and oxygen atoms in total. The standard InChI is InChI=1S/C10H21NO3S/c1-3-11(4-2)9-10(13)15-8-7-14-6-5-12/h12H,3-9H2,1-2H3. The predicted molar refractivity (Wildman–Crippen MR) is 63.2 cm³/mol. The number of hydrogen-bond donors (Lipinski definition) is 1. The van der Waals surface area contributed by atoms with Gasteiger partial charge in [0, 0.05) is 5.75 Å². The van der Waals surface area contributed by atoms with Crippen LogP contribution >= 0.6 is 11.8 Å². The Hall–Kier alpha value is -0.100. The van der Waals surface area contributed by atoms with E-state index in [2.05, 4.69) is 4.90 Å². The molecule has 0 atom stereocenters. The van der Waals surface area contributed by atoms with Gasteiger partial charge in [0.15, 0.2) is 0 Å². The third-order valence-electron chi connectivity index (χ3n) is 1.97. The highest BCUT2D eigenvalue weighted by atomic mass is 32.2. The molecular weight excluding hydrogens is 214 g/mol. The molecule has 0 spiro atoms. The van der Waals surface area contributed by atoms with Crippen LogP contribution in [0.15, 0.2) is 0 Å². The molecule has 0 aromatic heterocycles. The van der Waals surface area contributed by atoms with Gasteiger partial charge in [0.1, 0.15) is 0 Å². The summed E-state index contributed by atoms with van der Waals surface area (Å²) in [7, 11) is 0. The Morgan fingerprint density at radius 1 is 1.33 bits per heavy atom. The van der Waals surface area contributed by atoms with E-state index in [1.165, 1.54) is 11.8 Å². The number of aliphatic hydroxyl groups is 1. The van der Waals surface area contributed by atoms with Crippen LogP contribution < -0.4 is 0 Å². The lowest BCUT2D eigenvalue weighted by Gasteiger charge is -2.16. The summed E-state index contributed by atoms with van der Waals surface area (Å²) in [5.74, 6) is 0.667. The van der Waals surface area contributed by atoms with E-state index in [1.807, 2.05) is 13.8 Å². The molecule has 90 valence electrons. The minimum absolute atomic E-state index is 0.0397. The molecule has 0 bridgehead atoms. The first-order valence-corrected chi connectivity index (χ1v) is 6.29. The lowest BCUT2D eigenvalue weighted by atomic mass is 10.5. The molecule has 0 saturated carbocycles. The van der Waals surface area contributed by atoms with Crippen molar-refractivity contribution < 1.29 is 14.6 Å². The van der Waals surface area contributed by atoms with E-state index < -0.39 is 0 Å². The Labute approximate surface area is 96.0 Å². The Morgan fingerprint density at radius 3 is 2.53 bits per heavy atom. The highest BCUT2D eigenvalue weighted by Gasteiger charge is 2.07. The monoisotopic (exact) mass is 235 g/mol. The zero-order chi connectivity index (χ0) is 11.5. The number of rotatable bonds is 9. The van der Waals surface area contributed by atoms with Crippen molar-refractivity contribution in [3.63, 3.8) is 0 Å². The average molecular weight is 235 g/mol. The van der Waals surface area contributed by atoms with E-state index in [4.69, 9.17) is 9.84 Å². The fourth-order valence-corrected chi connectivity index (χ4v) is 1.76. The van der Waals surface area contributed by atoms with Crippen molar-refractivity contribution >= 4 is 16.9 Å². The third-order valence-corrected chi connectivity index (χ3v) is 2.80. The van der Waals surface area contributed by atoms with E-state index in [-0.39, 0.29) is 11.7 Å². The van der Waals surface area contributed by atoms with Crippen LogP contribution in [-0.4, -0.2) is 60.3 Å². The third kappa shape index (κ3) is 8.87. The number of carbonyl (C=O) groups excluding carboxylic acids is 1. The largest absolute Gasteiger partial charge is 0.394 e. The number of aliphatic hydroxyl groups excluding tert-OH is 1. The lowest BCUT2D eigenvalue weighted by molar-refractivity contribution is -0.112. The zero-order valence-corrected chi connectivity index (χ0v) is 10.4. The first-order chi connectivity index (χ1) is 7.24. The maximum atomic E-state index is 11.4. The van der Waals surface area contributed by atoms with Crippen LogP contribution in [-0.2, 0) is 9.53 Å². The molecule has 0 radical (unpaired) electrons. The Bertz CT molecular complexity index is 163. The van der Waals surface area contributed by atoms with Gasteiger partial charge in [-0.1, -0.05) is 25.6 Å². The maximum Gasteiger partial charge on any atom is 0.203 e. The van der Waals surface area contributed by atoms with Crippen LogP contribution in [0.5, 0.6) is 0 Å². The molecule has 0 amide bonds. The molecule has 1 N–H and O–H groups in total. The molecule has 0 aromatic rings. The van der Waals surface area contributed by atoms with Gasteiger partial charge in [-0.3, -0.25) is 9.69 Å². The molecule has 0 fully saturated rings. The Morgan fingerprint density at radius 2 is 2.00 bits per heavy atom. The van der Waals surface area contributed by atoms with Crippen molar-refractivity contribution in [2.24, 2.45) is 0 Å². The fourth-order valence-electron chi connectivity index (χ4n) is 1.06. The van der Waals surface area contributed by atoms with E-state index in [0.29, 0.717) is 25.5 Å². The summed E-state index contributed by atoms with van der Waals surface area (Å²) in [6.07, 6.45) is 0. The van der Waals surface area contributed by atoms with E-state index >= 15 is 0 Å². The molecular formula is C10H21NO3S. The molecule has 0 rings (SSSR count). The molecule has 0 aliphatic heterocycles. The van der Waals surface area contributed by atoms with Crippen molar-refractivity contribution in [3.8, 4) is 0 Å². The maximum absolute atomic E-state index is 11.4. The minimum Gasteiger partial charge on any atom is -0.394 e. The minimum atomic E-state index is 0.0397. The van der Waals surface area contributed by atoms with Crippen molar-refractivity contribution in [1.82, 2.24) is 4.90 Å². The van der Waals surface area contributed by atoms with Gasteiger partial charge >= 0.3 is 0 Å². The topological polar surface area (TPSA) is 49.8 Å². The number of ether oxygens (including phenoxy) is 1. The molecule has 0 aliphatic carbocycles. The summed E-state index contributed by atoms with van der Waals surface area (Å²) >= 11 is 1.30. The van der Waals surface area contributed by atoms with Crippen molar-refractivity contribution in [2.75, 3.05) is 45.2 Å².